The van der Waals surface area contributed by atoms with Crippen LogP contribution in [0.25, 0.3) is 0 Å². The van der Waals surface area contributed by atoms with Crippen molar-refractivity contribution >= 4 is 0 Å². The highest BCUT2D eigenvalue weighted by atomic mass is 15.6. The molecule has 0 atom stereocenters. The average Bonchev–Trinajstić information content (AvgIpc) is 2.67. The predicted molar refractivity (Wildman–Crippen MR) is 52.7 cm³/mol. The van der Waals surface area contributed by atoms with Gasteiger partial charge in [-0.1, -0.05) is 30.3 Å². The van der Waals surface area contributed by atoms with Crippen LogP contribution in [-0.4, -0.2) is 20.2 Å². The Morgan fingerprint density at radius 3 is 2.64 bits per heavy atom. The number of rotatable bonds is 3. The maximum Gasteiger partial charge on any atom is 0.179 e. The fraction of sp³-hybridized carbons (Fsp3) is 0.300. The maximum absolute atomic E-state index is 4.22. The van der Waals surface area contributed by atoms with E-state index in [0.717, 1.165) is 18.8 Å². The minimum absolute atomic E-state index is 0.751. The second-order valence-electron chi connectivity index (χ2n) is 3.06. The highest BCUT2D eigenvalue weighted by molar-refractivity contribution is 5.17. The van der Waals surface area contributed by atoms with Crippen molar-refractivity contribution in [2.75, 3.05) is 0 Å². The first-order chi connectivity index (χ1) is 6.88. The average molecular weight is 188 g/mol. The predicted octanol–water partition coefficient (Wildman–Crippen LogP) is 1.28. The summed E-state index contributed by atoms with van der Waals surface area (Å²) in [7, 11) is 0. The number of nitrogens with zero attached hydrogens (tertiary/aromatic N) is 4. The van der Waals surface area contributed by atoms with Crippen molar-refractivity contribution in [2.24, 2.45) is 0 Å². The molecule has 4 heteroatoms. The quantitative estimate of drug-likeness (QED) is 0.728. The van der Waals surface area contributed by atoms with Gasteiger partial charge >= 0.3 is 0 Å². The normalized spacial score (nSPS) is 10.4. The highest BCUT2D eigenvalue weighted by Crippen LogP contribution is 2.03. The van der Waals surface area contributed by atoms with E-state index >= 15 is 0 Å². The Labute approximate surface area is 82.6 Å². The zero-order valence-electron chi connectivity index (χ0n) is 8.09. The topological polar surface area (TPSA) is 43.6 Å². The smallest absolute Gasteiger partial charge is 0.164 e. The second kappa shape index (κ2) is 4.00. The molecule has 1 aromatic heterocycles. The van der Waals surface area contributed by atoms with Crippen molar-refractivity contribution in [2.45, 2.75) is 19.9 Å². The van der Waals surface area contributed by atoms with Crippen LogP contribution in [0.2, 0.25) is 0 Å². The Hall–Kier alpha value is -1.71. The summed E-state index contributed by atoms with van der Waals surface area (Å²) in [5.41, 5.74) is 1.21. The molecular formula is C10H12N4. The van der Waals surface area contributed by atoms with Crippen molar-refractivity contribution in [1.82, 2.24) is 20.2 Å². The fourth-order valence-electron chi connectivity index (χ4n) is 1.26. The van der Waals surface area contributed by atoms with Gasteiger partial charge < -0.3 is 0 Å². The minimum atomic E-state index is 0.751. The zero-order valence-corrected chi connectivity index (χ0v) is 8.09. The van der Waals surface area contributed by atoms with Crippen LogP contribution in [0.15, 0.2) is 30.3 Å². The third kappa shape index (κ3) is 1.96. The summed E-state index contributed by atoms with van der Waals surface area (Å²) in [5.74, 6) is 0.776. The van der Waals surface area contributed by atoms with E-state index in [0.29, 0.717) is 0 Å². The third-order valence-corrected chi connectivity index (χ3v) is 1.98. The molecule has 1 aromatic carbocycles. The summed E-state index contributed by atoms with van der Waals surface area (Å²) < 4.78 is 0. The SMILES string of the molecule is CCn1nnc(Cc2ccccc2)n1. The Kier molecular flexibility index (Phi) is 2.53. The van der Waals surface area contributed by atoms with Gasteiger partial charge in [0.2, 0.25) is 0 Å². The zero-order chi connectivity index (χ0) is 9.80. The van der Waals surface area contributed by atoms with E-state index in [9.17, 15) is 0 Å². The molecule has 0 unspecified atom stereocenters. The Balaban J connectivity index is 2.11. The number of benzene rings is 1. The lowest BCUT2D eigenvalue weighted by atomic mass is 10.1. The molecule has 14 heavy (non-hydrogen) atoms. The first kappa shape index (κ1) is 8.87. The standard InChI is InChI=1S/C10H12N4/c1-2-14-12-10(11-13-14)8-9-6-4-3-5-7-9/h3-7H,2,8H2,1H3. The molecule has 0 fully saturated rings. The van der Waals surface area contributed by atoms with E-state index < -0.39 is 0 Å². The molecule has 0 aliphatic rings. The highest BCUT2D eigenvalue weighted by Gasteiger charge is 2.01. The van der Waals surface area contributed by atoms with E-state index in [2.05, 4.69) is 27.5 Å². The second-order valence-corrected chi connectivity index (χ2v) is 3.06. The van der Waals surface area contributed by atoms with E-state index in [4.69, 9.17) is 0 Å². The van der Waals surface area contributed by atoms with Crippen LogP contribution in [0.4, 0.5) is 0 Å². The molecule has 0 spiro atoms. The van der Waals surface area contributed by atoms with E-state index in [-0.39, 0.29) is 0 Å². The molecule has 0 aliphatic carbocycles. The van der Waals surface area contributed by atoms with Gasteiger partial charge in [0.15, 0.2) is 5.82 Å². The van der Waals surface area contributed by atoms with E-state index in [1.54, 1.807) is 4.80 Å². The minimum Gasteiger partial charge on any atom is -0.164 e. The van der Waals surface area contributed by atoms with Crippen molar-refractivity contribution in [1.29, 1.82) is 0 Å². The van der Waals surface area contributed by atoms with Gasteiger partial charge in [-0.05, 0) is 17.7 Å². The van der Waals surface area contributed by atoms with Gasteiger partial charge in [-0.2, -0.15) is 4.80 Å². The van der Waals surface area contributed by atoms with Gasteiger partial charge in [0, 0.05) is 6.42 Å². The van der Waals surface area contributed by atoms with E-state index in [1.807, 2.05) is 25.1 Å². The van der Waals surface area contributed by atoms with Crippen LogP contribution in [0.3, 0.4) is 0 Å². The first-order valence-electron chi connectivity index (χ1n) is 4.69. The molecule has 2 aromatic rings. The Morgan fingerprint density at radius 2 is 2.00 bits per heavy atom. The third-order valence-electron chi connectivity index (χ3n) is 1.98. The maximum atomic E-state index is 4.22. The molecule has 4 nitrogen and oxygen atoms in total. The van der Waals surface area contributed by atoms with E-state index in [1.165, 1.54) is 5.56 Å². The summed E-state index contributed by atoms with van der Waals surface area (Å²) in [6.45, 7) is 2.76. The molecule has 0 radical (unpaired) electrons. The van der Waals surface area contributed by atoms with Crippen molar-refractivity contribution in [3.8, 4) is 0 Å². The van der Waals surface area contributed by atoms with Crippen LogP contribution in [0, 0.1) is 0 Å². The van der Waals surface area contributed by atoms with Gasteiger partial charge in [-0.3, -0.25) is 0 Å². The van der Waals surface area contributed by atoms with Gasteiger partial charge in [-0.25, -0.2) is 0 Å². The van der Waals surface area contributed by atoms with Crippen LogP contribution >= 0.6 is 0 Å². The number of aryl methyl sites for hydroxylation is 1. The largest absolute Gasteiger partial charge is 0.179 e. The van der Waals surface area contributed by atoms with Crippen LogP contribution < -0.4 is 0 Å². The fourth-order valence-corrected chi connectivity index (χ4v) is 1.26. The van der Waals surface area contributed by atoms with Gasteiger partial charge in [0.1, 0.15) is 0 Å². The molecule has 0 N–H and O–H groups in total. The number of hydrogen-bond acceptors (Lipinski definition) is 3. The van der Waals surface area contributed by atoms with Crippen molar-refractivity contribution in [3.63, 3.8) is 0 Å². The monoisotopic (exact) mass is 188 g/mol. The summed E-state index contributed by atoms with van der Waals surface area (Å²) in [6, 6.07) is 10.2. The first-order valence-corrected chi connectivity index (χ1v) is 4.69. The van der Waals surface area contributed by atoms with Gasteiger partial charge in [0.05, 0.1) is 6.54 Å². The van der Waals surface area contributed by atoms with Crippen LogP contribution in [-0.2, 0) is 13.0 Å². The van der Waals surface area contributed by atoms with Gasteiger partial charge in [0.25, 0.3) is 0 Å². The summed E-state index contributed by atoms with van der Waals surface area (Å²) >= 11 is 0. The number of tetrazole rings is 1. The molecule has 0 amide bonds. The van der Waals surface area contributed by atoms with Crippen LogP contribution in [0.1, 0.15) is 18.3 Å². The van der Waals surface area contributed by atoms with Crippen molar-refractivity contribution < 1.29 is 0 Å². The molecule has 72 valence electrons. The van der Waals surface area contributed by atoms with Gasteiger partial charge in [-0.15, -0.1) is 10.2 Å². The molecule has 1 heterocycles. The summed E-state index contributed by atoms with van der Waals surface area (Å²) in [4.78, 5) is 1.60. The molecule has 0 saturated heterocycles. The molecular weight excluding hydrogens is 176 g/mol. The molecule has 2 rings (SSSR count). The number of aromatic nitrogens is 4. The molecule has 0 bridgehead atoms. The molecule has 0 aliphatic heterocycles. The summed E-state index contributed by atoms with van der Waals surface area (Å²) in [6.07, 6.45) is 0.751. The lowest BCUT2D eigenvalue weighted by Crippen LogP contribution is -1.99. The lowest BCUT2D eigenvalue weighted by molar-refractivity contribution is 0.551. The Bertz CT molecular complexity index is 394. The lowest BCUT2D eigenvalue weighted by Gasteiger charge is -1.94. The van der Waals surface area contributed by atoms with Crippen LogP contribution in [0.5, 0.6) is 0 Å². The Morgan fingerprint density at radius 1 is 1.21 bits per heavy atom. The number of hydrogen-bond donors (Lipinski definition) is 0. The van der Waals surface area contributed by atoms with Crippen molar-refractivity contribution in [3.05, 3.63) is 41.7 Å². The molecule has 0 saturated carbocycles. The summed E-state index contributed by atoms with van der Waals surface area (Å²) in [5, 5.41) is 12.1.